The average molecular weight is 314 g/mol. The molecule has 21 heavy (non-hydrogen) atoms. The molecule has 120 valence electrons. The molecular weight excluding hydrogens is 286 g/mol. The molecule has 3 unspecified atom stereocenters. The molecule has 1 saturated heterocycles. The van der Waals surface area contributed by atoms with Gasteiger partial charge in [0.1, 0.15) is 0 Å². The molecule has 0 spiro atoms. The van der Waals surface area contributed by atoms with E-state index >= 15 is 0 Å². The first-order valence-electron chi connectivity index (χ1n) is 8.06. The summed E-state index contributed by atoms with van der Waals surface area (Å²) in [5, 5.41) is 17.4. The van der Waals surface area contributed by atoms with Gasteiger partial charge in [0.2, 0.25) is 0 Å². The van der Waals surface area contributed by atoms with Gasteiger partial charge in [0.05, 0.1) is 31.3 Å². The third-order valence-corrected chi connectivity index (χ3v) is 4.51. The zero-order valence-corrected chi connectivity index (χ0v) is 13.7. The molecule has 2 rings (SSSR count). The Balaban J connectivity index is 1.74. The lowest BCUT2D eigenvalue weighted by atomic mass is 9.96. The number of rotatable bonds is 5. The summed E-state index contributed by atoms with van der Waals surface area (Å²) in [7, 11) is 0. The summed E-state index contributed by atoms with van der Waals surface area (Å²) >= 11 is 4.22. The highest BCUT2D eigenvalue weighted by Crippen LogP contribution is 2.20. The first-order valence-corrected chi connectivity index (χ1v) is 8.50. The number of hydrogen-bond donors (Lipinski definition) is 4. The van der Waals surface area contributed by atoms with Crippen molar-refractivity contribution >= 4 is 24.0 Å². The number of nitrogens with zero attached hydrogens (tertiary/aromatic N) is 1. The van der Waals surface area contributed by atoms with Crippen LogP contribution in [0, 0.1) is 5.92 Å². The van der Waals surface area contributed by atoms with Crippen LogP contribution in [-0.4, -0.2) is 54.4 Å². The van der Waals surface area contributed by atoms with Crippen LogP contribution in [0.25, 0.3) is 0 Å². The van der Waals surface area contributed by atoms with E-state index in [1.807, 2.05) is 6.92 Å². The molecule has 0 aromatic heterocycles. The van der Waals surface area contributed by atoms with Crippen molar-refractivity contribution in [3.8, 4) is 0 Å². The lowest BCUT2D eigenvalue weighted by molar-refractivity contribution is -0.0612. The lowest BCUT2D eigenvalue weighted by Gasteiger charge is -2.31. The summed E-state index contributed by atoms with van der Waals surface area (Å²) in [6.07, 6.45) is 7.34. The van der Waals surface area contributed by atoms with E-state index in [2.05, 4.69) is 27.9 Å². The van der Waals surface area contributed by atoms with Crippen molar-refractivity contribution in [2.45, 2.75) is 57.3 Å². The molecule has 0 radical (unpaired) electrons. The van der Waals surface area contributed by atoms with Gasteiger partial charge in [-0.3, -0.25) is 5.32 Å². The molecule has 1 aliphatic carbocycles. The quantitative estimate of drug-likeness (QED) is 0.255. The molecule has 2 aliphatic rings. The summed E-state index contributed by atoms with van der Waals surface area (Å²) in [4.78, 5) is 0. The summed E-state index contributed by atoms with van der Waals surface area (Å²) < 4.78 is 10.1. The van der Waals surface area contributed by atoms with E-state index in [1.165, 1.54) is 25.7 Å². The van der Waals surface area contributed by atoms with Crippen LogP contribution >= 0.6 is 12.6 Å². The van der Waals surface area contributed by atoms with Crippen LogP contribution in [0.5, 0.6) is 0 Å². The van der Waals surface area contributed by atoms with Gasteiger partial charge in [-0.05, 0) is 32.4 Å². The number of ether oxygens (including phenoxy) is 1. The van der Waals surface area contributed by atoms with Crippen LogP contribution in [0.3, 0.4) is 0 Å². The fourth-order valence-electron chi connectivity index (χ4n) is 2.95. The number of amidine groups is 1. The van der Waals surface area contributed by atoms with Crippen LogP contribution in [0.2, 0.25) is 0 Å². The van der Waals surface area contributed by atoms with Crippen molar-refractivity contribution in [3.63, 3.8) is 0 Å². The van der Waals surface area contributed by atoms with Crippen molar-refractivity contribution in [2.75, 3.05) is 19.7 Å². The molecule has 0 aromatic carbocycles. The fraction of sp³-hybridized carbons (Fsp3) is 0.867. The Morgan fingerprint density at radius 2 is 2.19 bits per heavy atom. The summed E-state index contributed by atoms with van der Waals surface area (Å²) in [5.41, 5.74) is 0. The van der Waals surface area contributed by atoms with Gasteiger partial charge < -0.3 is 15.2 Å². The maximum absolute atomic E-state index is 10.2. The highest BCUT2D eigenvalue weighted by atomic mass is 32.1. The van der Waals surface area contributed by atoms with E-state index < -0.39 is 0 Å². The Labute approximate surface area is 132 Å². The molecule has 0 bridgehead atoms. The van der Waals surface area contributed by atoms with Crippen molar-refractivity contribution in [2.24, 2.45) is 5.92 Å². The van der Waals surface area contributed by atoms with Crippen LogP contribution in [-0.2, 0) is 4.74 Å². The molecule has 1 aliphatic heterocycles. The molecule has 1 heterocycles. The van der Waals surface area contributed by atoms with E-state index in [1.54, 1.807) is 6.21 Å². The van der Waals surface area contributed by atoms with E-state index in [-0.39, 0.29) is 18.1 Å². The molecule has 0 aromatic rings. The molecule has 3 N–H and O–H groups in total. The summed E-state index contributed by atoms with van der Waals surface area (Å²) in [6, 6.07) is 0.645. The van der Waals surface area contributed by atoms with E-state index in [9.17, 15) is 5.11 Å². The molecule has 5 nitrogen and oxygen atoms in total. The van der Waals surface area contributed by atoms with Crippen LogP contribution in [0.4, 0.5) is 0 Å². The van der Waals surface area contributed by atoms with Gasteiger partial charge in [0, 0.05) is 19.0 Å². The third kappa shape index (κ3) is 5.64. The van der Waals surface area contributed by atoms with Gasteiger partial charge in [-0.1, -0.05) is 12.8 Å². The minimum absolute atomic E-state index is 0.0477. The molecule has 3 atom stereocenters. The largest absolute Gasteiger partial charge is 0.400 e. The first-order chi connectivity index (χ1) is 10.2. The topological polar surface area (TPSA) is 67.6 Å². The van der Waals surface area contributed by atoms with Gasteiger partial charge >= 0.3 is 5.17 Å². The Kier molecular flexibility index (Phi) is 7.07. The second-order valence-corrected chi connectivity index (χ2v) is 6.37. The van der Waals surface area contributed by atoms with E-state index in [4.69, 9.17) is 4.74 Å². The van der Waals surface area contributed by atoms with Crippen molar-refractivity contribution in [1.82, 2.24) is 15.3 Å². The highest BCUT2D eigenvalue weighted by molar-refractivity contribution is 7.96. The van der Waals surface area contributed by atoms with Crippen LogP contribution < -0.4 is 15.3 Å². The Morgan fingerprint density at radius 1 is 1.43 bits per heavy atom. The predicted molar refractivity (Wildman–Crippen MR) is 90.0 cm³/mol. The monoisotopic (exact) mass is 314 g/mol. The highest BCUT2D eigenvalue weighted by Gasteiger charge is 2.30. The average Bonchev–Trinajstić information content (AvgIpc) is 2.98. The number of hydrogen-bond acceptors (Lipinski definition) is 3. The Morgan fingerprint density at radius 3 is 2.86 bits per heavy atom. The van der Waals surface area contributed by atoms with Gasteiger partial charge in [-0.15, -0.1) is 0 Å². The van der Waals surface area contributed by atoms with Crippen molar-refractivity contribution in [3.05, 3.63) is 0 Å². The first kappa shape index (κ1) is 16.8. The summed E-state index contributed by atoms with van der Waals surface area (Å²) in [6.45, 7) is 4.14. The number of aliphatic hydroxyl groups is 1. The minimum Gasteiger partial charge on any atom is -0.392 e. The molecule has 2 fully saturated rings. The lowest BCUT2D eigenvalue weighted by Crippen LogP contribution is -2.44. The zero-order valence-electron chi connectivity index (χ0n) is 12.8. The van der Waals surface area contributed by atoms with E-state index in [0.717, 1.165) is 13.1 Å². The van der Waals surface area contributed by atoms with Crippen molar-refractivity contribution < 1.29 is 9.84 Å². The zero-order chi connectivity index (χ0) is 15.1. The fourth-order valence-corrected chi connectivity index (χ4v) is 3.18. The Hall–Kier alpha value is -0.520. The third-order valence-electron chi connectivity index (χ3n) is 4.24. The molecular formula is C15H28N3O2S+. The number of nitrogens with one attached hydrogen (secondary N) is 2. The number of thiol groups is 1. The number of aliphatic hydroxyl groups excluding tert-OH is 1. The van der Waals surface area contributed by atoms with Gasteiger partial charge in [-0.25, -0.2) is 4.67 Å². The molecule has 6 heteroatoms. The standard InChI is InChI=1S/C15H27N3O2S/c1-2-16-15(21)18-8-11-10-20-13(7-14(11)19)9-17-12-5-3-4-6-12/h8,11-14,17,19H,2-7,9-10H2,1H3,(H,16,21)/p+1. The van der Waals surface area contributed by atoms with Gasteiger partial charge in [-0.2, -0.15) is 0 Å². The second kappa shape index (κ2) is 8.81. The molecule has 0 amide bonds. The maximum atomic E-state index is 10.2. The maximum Gasteiger partial charge on any atom is 0.400 e. The van der Waals surface area contributed by atoms with Gasteiger partial charge in [0.25, 0.3) is 0 Å². The predicted octanol–water partition coefficient (Wildman–Crippen LogP) is 0.318. The minimum atomic E-state index is -0.388. The normalized spacial score (nSPS) is 30.0. The Bertz CT molecular complexity index is 379. The molecule has 1 saturated carbocycles. The summed E-state index contributed by atoms with van der Waals surface area (Å²) in [5.74, 6) is -0.0477. The smallest absolute Gasteiger partial charge is 0.392 e. The second-order valence-electron chi connectivity index (χ2n) is 5.94. The van der Waals surface area contributed by atoms with Crippen LogP contribution in [0.1, 0.15) is 39.0 Å². The van der Waals surface area contributed by atoms with Crippen molar-refractivity contribution in [1.29, 1.82) is 0 Å². The van der Waals surface area contributed by atoms with E-state index in [0.29, 0.717) is 24.2 Å². The SMILES string of the molecule is CCNC(S)=[N+]=CC1COC(CNC2CCCC2)CC1O. The van der Waals surface area contributed by atoms with Gasteiger partial charge in [0.15, 0.2) is 6.21 Å². The van der Waals surface area contributed by atoms with Crippen LogP contribution in [0.15, 0.2) is 0 Å².